The summed E-state index contributed by atoms with van der Waals surface area (Å²) in [5, 5.41) is 4.21. The predicted molar refractivity (Wildman–Crippen MR) is 82.3 cm³/mol. The van der Waals surface area contributed by atoms with E-state index in [0.717, 1.165) is 43.2 Å². The Labute approximate surface area is 126 Å². The Morgan fingerprint density at radius 1 is 1.35 bits per heavy atom. The van der Waals surface area contributed by atoms with E-state index in [-0.39, 0.29) is 12.2 Å². The van der Waals surface area contributed by atoms with E-state index in [4.69, 9.17) is 21.1 Å². The molecule has 20 heavy (non-hydrogen) atoms. The molecule has 0 bridgehead atoms. The lowest BCUT2D eigenvalue weighted by Gasteiger charge is -2.29. The second-order valence-corrected chi connectivity index (χ2v) is 5.99. The summed E-state index contributed by atoms with van der Waals surface area (Å²) in [5.41, 5.74) is 1.14. The molecule has 1 aromatic carbocycles. The smallest absolute Gasteiger partial charge is 0.0953 e. The van der Waals surface area contributed by atoms with E-state index < -0.39 is 0 Å². The second-order valence-electron chi connectivity index (χ2n) is 5.55. The van der Waals surface area contributed by atoms with Crippen molar-refractivity contribution in [2.24, 2.45) is 0 Å². The van der Waals surface area contributed by atoms with Gasteiger partial charge in [0.25, 0.3) is 0 Å². The van der Waals surface area contributed by atoms with Crippen molar-refractivity contribution in [3.05, 3.63) is 34.9 Å². The monoisotopic (exact) mass is 297 g/mol. The van der Waals surface area contributed by atoms with Gasteiger partial charge >= 0.3 is 0 Å². The highest BCUT2D eigenvalue weighted by Gasteiger charge is 2.21. The maximum absolute atomic E-state index is 6.28. The molecule has 1 aromatic rings. The molecule has 0 amide bonds. The maximum Gasteiger partial charge on any atom is 0.0953 e. The van der Waals surface area contributed by atoms with Crippen molar-refractivity contribution in [1.82, 2.24) is 5.32 Å². The fourth-order valence-corrected chi connectivity index (χ4v) is 2.54. The lowest BCUT2D eigenvalue weighted by molar-refractivity contribution is -0.0693. The third-order valence-corrected chi connectivity index (χ3v) is 3.69. The third kappa shape index (κ3) is 5.06. The van der Waals surface area contributed by atoms with Gasteiger partial charge in [0.2, 0.25) is 0 Å². The van der Waals surface area contributed by atoms with Crippen molar-refractivity contribution < 1.29 is 9.47 Å². The average molecular weight is 298 g/mol. The third-order valence-electron chi connectivity index (χ3n) is 3.46. The molecular weight excluding hydrogens is 274 g/mol. The van der Waals surface area contributed by atoms with Crippen molar-refractivity contribution in [1.29, 1.82) is 0 Å². The molecule has 4 heteroatoms. The summed E-state index contributed by atoms with van der Waals surface area (Å²) in [6.45, 7) is 6.68. The lowest BCUT2D eigenvalue weighted by atomic mass is 10.1. The number of ether oxygens (including phenoxy) is 2. The highest BCUT2D eigenvalue weighted by Crippen LogP contribution is 2.25. The van der Waals surface area contributed by atoms with Crippen molar-refractivity contribution >= 4 is 11.6 Å². The molecule has 1 N–H and O–H groups in total. The number of hydrogen-bond donors (Lipinski definition) is 1. The normalized spacial score (nSPS) is 18.4. The molecule has 0 spiro atoms. The molecular formula is C16H24ClNO2. The first kappa shape index (κ1) is 15.8. The summed E-state index contributed by atoms with van der Waals surface area (Å²) in [5.74, 6) is 0. The predicted octanol–water partition coefficient (Wildman–Crippen LogP) is 3.57. The highest BCUT2D eigenvalue weighted by molar-refractivity contribution is 6.30. The summed E-state index contributed by atoms with van der Waals surface area (Å²) in [6.07, 6.45) is 2.26. The summed E-state index contributed by atoms with van der Waals surface area (Å²) in [4.78, 5) is 0. The van der Waals surface area contributed by atoms with E-state index in [1.54, 1.807) is 0 Å². The molecule has 112 valence electrons. The van der Waals surface area contributed by atoms with Gasteiger partial charge in [-0.2, -0.15) is 0 Å². The molecule has 1 saturated heterocycles. The molecule has 1 aliphatic heterocycles. The van der Waals surface area contributed by atoms with E-state index in [9.17, 15) is 0 Å². The fourth-order valence-electron chi connectivity index (χ4n) is 2.34. The second kappa shape index (κ2) is 7.99. The van der Waals surface area contributed by atoms with Crippen LogP contribution >= 0.6 is 11.6 Å². The molecule has 0 radical (unpaired) electrons. The van der Waals surface area contributed by atoms with Crippen LogP contribution in [-0.2, 0) is 9.47 Å². The topological polar surface area (TPSA) is 30.5 Å². The van der Waals surface area contributed by atoms with Crippen LogP contribution < -0.4 is 5.32 Å². The van der Waals surface area contributed by atoms with Gasteiger partial charge in [-0.25, -0.2) is 0 Å². The minimum atomic E-state index is 0.0409. The Morgan fingerprint density at radius 3 is 2.75 bits per heavy atom. The van der Waals surface area contributed by atoms with Gasteiger partial charge in [-0.05, 0) is 30.5 Å². The van der Waals surface area contributed by atoms with Crippen LogP contribution in [0.5, 0.6) is 0 Å². The van der Waals surface area contributed by atoms with Gasteiger partial charge < -0.3 is 14.8 Å². The van der Waals surface area contributed by atoms with Crippen LogP contribution in [0, 0.1) is 0 Å². The first-order chi connectivity index (χ1) is 9.65. The van der Waals surface area contributed by atoms with Crippen LogP contribution in [0.3, 0.4) is 0 Å². The van der Waals surface area contributed by atoms with Gasteiger partial charge in [0.15, 0.2) is 0 Å². The highest BCUT2D eigenvalue weighted by atomic mass is 35.5. The van der Waals surface area contributed by atoms with E-state index >= 15 is 0 Å². The van der Waals surface area contributed by atoms with Crippen LogP contribution in [0.25, 0.3) is 0 Å². The Bertz CT molecular complexity index is 405. The Kier molecular flexibility index (Phi) is 6.30. The van der Waals surface area contributed by atoms with Crippen LogP contribution in [0.15, 0.2) is 24.3 Å². The van der Waals surface area contributed by atoms with Crippen molar-refractivity contribution in [3.63, 3.8) is 0 Å². The van der Waals surface area contributed by atoms with E-state index in [1.165, 1.54) is 0 Å². The quantitative estimate of drug-likeness (QED) is 0.870. The number of rotatable bonds is 6. The van der Waals surface area contributed by atoms with Crippen LogP contribution in [0.4, 0.5) is 0 Å². The summed E-state index contributed by atoms with van der Waals surface area (Å²) in [6, 6.07) is 8.39. The minimum absolute atomic E-state index is 0.0409. The van der Waals surface area contributed by atoms with E-state index in [0.29, 0.717) is 6.04 Å². The molecule has 1 fully saturated rings. The Balaban J connectivity index is 2.02. The molecule has 2 rings (SSSR count). The van der Waals surface area contributed by atoms with Crippen molar-refractivity contribution in [3.8, 4) is 0 Å². The van der Waals surface area contributed by atoms with Crippen LogP contribution in [0.1, 0.15) is 38.4 Å². The van der Waals surface area contributed by atoms with E-state index in [2.05, 4.69) is 25.2 Å². The number of nitrogens with one attached hydrogen (secondary N) is 1. The summed E-state index contributed by atoms with van der Waals surface area (Å²) >= 11 is 6.10. The molecule has 1 aliphatic rings. The maximum atomic E-state index is 6.28. The standard InChI is InChI=1S/C16H24ClNO2/c1-12(2)18-11-16(13-4-3-5-14(17)10-13)20-15-6-8-19-9-7-15/h3-5,10,12,15-16,18H,6-9,11H2,1-2H3. The summed E-state index contributed by atoms with van der Waals surface area (Å²) in [7, 11) is 0. The van der Waals surface area contributed by atoms with Crippen LogP contribution in [0.2, 0.25) is 5.02 Å². The first-order valence-corrected chi connectivity index (χ1v) is 7.75. The molecule has 1 atom stereocenters. The van der Waals surface area contributed by atoms with Gasteiger partial charge in [0.05, 0.1) is 12.2 Å². The first-order valence-electron chi connectivity index (χ1n) is 7.37. The fraction of sp³-hybridized carbons (Fsp3) is 0.625. The zero-order valence-electron chi connectivity index (χ0n) is 12.3. The molecule has 0 aliphatic carbocycles. The van der Waals surface area contributed by atoms with E-state index in [1.807, 2.05) is 18.2 Å². The van der Waals surface area contributed by atoms with Gasteiger partial charge in [0, 0.05) is 30.8 Å². The van der Waals surface area contributed by atoms with Gasteiger partial charge in [-0.1, -0.05) is 37.6 Å². The molecule has 0 aromatic heterocycles. The molecule has 1 heterocycles. The van der Waals surface area contributed by atoms with Gasteiger partial charge in [0.1, 0.15) is 0 Å². The lowest BCUT2D eigenvalue weighted by Crippen LogP contribution is -2.33. The number of halogens is 1. The zero-order valence-corrected chi connectivity index (χ0v) is 13.0. The molecule has 0 saturated carbocycles. The Morgan fingerprint density at radius 2 is 2.10 bits per heavy atom. The summed E-state index contributed by atoms with van der Waals surface area (Å²) < 4.78 is 11.7. The molecule has 1 unspecified atom stereocenters. The largest absolute Gasteiger partial charge is 0.381 e. The van der Waals surface area contributed by atoms with Crippen molar-refractivity contribution in [2.45, 2.75) is 44.9 Å². The SMILES string of the molecule is CC(C)NCC(OC1CCOCC1)c1cccc(Cl)c1. The Hall–Kier alpha value is -0.610. The zero-order chi connectivity index (χ0) is 14.4. The number of hydrogen-bond acceptors (Lipinski definition) is 3. The minimum Gasteiger partial charge on any atom is -0.381 e. The van der Waals surface area contributed by atoms with Crippen LogP contribution in [-0.4, -0.2) is 31.9 Å². The van der Waals surface area contributed by atoms with Gasteiger partial charge in [-0.15, -0.1) is 0 Å². The number of benzene rings is 1. The average Bonchev–Trinajstić information content (AvgIpc) is 2.44. The van der Waals surface area contributed by atoms with Gasteiger partial charge in [-0.3, -0.25) is 0 Å². The molecule has 3 nitrogen and oxygen atoms in total. The van der Waals surface area contributed by atoms with Crippen molar-refractivity contribution in [2.75, 3.05) is 19.8 Å².